The fraction of sp³-hybridized carbons (Fsp3) is 0.500. The minimum atomic E-state index is -0.534. The SMILES string of the molecule is CCOC(=O)CC1(N)CCc2ccc(C)cc21. The highest BCUT2D eigenvalue weighted by atomic mass is 16.5. The number of nitrogens with two attached hydrogens (primary N) is 1. The van der Waals surface area contributed by atoms with Crippen molar-refractivity contribution in [3.05, 3.63) is 34.9 Å². The van der Waals surface area contributed by atoms with Crippen LogP contribution in [-0.4, -0.2) is 12.6 Å². The van der Waals surface area contributed by atoms with E-state index in [1.54, 1.807) is 0 Å². The maximum atomic E-state index is 11.6. The molecule has 2 rings (SSSR count). The van der Waals surface area contributed by atoms with Gasteiger partial charge in [0, 0.05) is 0 Å². The van der Waals surface area contributed by atoms with Gasteiger partial charge in [0.2, 0.25) is 0 Å². The largest absolute Gasteiger partial charge is 0.466 e. The van der Waals surface area contributed by atoms with Crippen LogP contribution in [0.2, 0.25) is 0 Å². The molecule has 3 heteroatoms. The Bertz CT molecular complexity index is 442. The standard InChI is InChI=1S/C14H19NO2/c1-3-17-13(16)9-14(15)7-6-11-5-4-10(2)8-12(11)14/h4-5,8H,3,6-7,9,15H2,1-2H3. The van der Waals surface area contributed by atoms with Crippen LogP contribution in [0.3, 0.4) is 0 Å². The van der Waals surface area contributed by atoms with Crippen LogP contribution in [0.25, 0.3) is 0 Å². The molecule has 1 aliphatic carbocycles. The second-order valence-corrected chi connectivity index (χ2v) is 4.80. The second-order valence-electron chi connectivity index (χ2n) is 4.80. The molecule has 1 unspecified atom stereocenters. The van der Waals surface area contributed by atoms with Crippen molar-refractivity contribution in [3.8, 4) is 0 Å². The molecule has 1 aromatic rings. The molecule has 0 fully saturated rings. The van der Waals surface area contributed by atoms with Gasteiger partial charge in [0.15, 0.2) is 0 Å². The van der Waals surface area contributed by atoms with Gasteiger partial charge in [-0.15, -0.1) is 0 Å². The van der Waals surface area contributed by atoms with Gasteiger partial charge in [0.05, 0.1) is 18.6 Å². The van der Waals surface area contributed by atoms with Crippen LogP contribution in [-0.2, 0) is 21.5 Å². The van der Waals surface area contributed by atoms with E-state index in [0.29, 0.717) is 6.61 Å². The van der Waals surface area contributed by atoms with Crippen molar-refractivity contribution < 1.29 is 9.53 Å². The third-order valence-electron chi connectivity index (χ3n) is 3.41. The van der Waals surface area contributed by atoms with Gasteiger partial charge in [-0.25, -0.2) is 0 Å². The number of carbonyl (C=O) groups is 1. The molecule has 92 valence electrons. The van der Waals surface area contributed by atoms with E-state index < -0.39 is 5.54 Å². The van der Waals surface area contributed by atoms with Gasteiger partial charge in [-0.2, -0.15) is 0 Å². The Labute approximate surface area is 102 Å². The molecule has 1 aromatic carbocycles. The minimum Gasteiger partial charge on any atom is -0.466 e. The zero-order chi connectivity index (χ0) is 12.5. The number of hydrogen-bond donors (Lipinski definition) is 1. The van der Waals surface area contributed by atoms with Gasteiger partial charge in [0.1, 0.15) is 0 Å². The number of hydrogen-bond acceptors (Lipinski definition) is 3. The predicted molar refractivity (Wildman–Crippen MR) is 66.6 cm³/mol. The van der Waals surface area contributed by atoms with Gasteiger partial charge in [0.25, 0.3) is 0 Å². The summed E-state index contributed by atoms with van der Waals surface area (Å²) in [5.74, 6) is -0.204. The van der Waals surface area contributed by atoms with Crippen LogP contribution in [0.4, 0.5) is 0 Å². The van der Waals surface area contributed by atoms with Gasteiger partial charge < -0.3 is 10.5 Å². The summed E-state index contributed by atoms with van der Waals surface area (Å²) in [4.78, 5) is 11.6. The molecule has 17 heavy (non-hydrogen) atoms. The Hall–Kier alpha value is -1.35. The summed E-state index contributed by atoms with van der Waals surface area (Å²) in [6, 6.07) is 6.31. The molecule has 0 saturated heterocycles. The normalized spacial score (nSPS) is 22.3. The molecule has 0 saturated carbocycles. The summed E-state index contributed by atoms with van der Waals surface area (Å²) in [6.45, 7) is 4.27. The van der Waals surface area contributed by atoms with Crippen molar-refractivity contribution >= 4 is 5.97 Å². The average molecular weight is 233 g/mol. The van der Waals surface area contributed by atoms with Gasteiger partial charge in [-0.05, 0) is 37.8 Å². The Kier molecular flexibility index (Phi) is 3.20. The summed E-state index contributed by atoms with van der Waals surface area (Å²) < 4.78 is 5.00. The van der Waals surface area contributed by atoms with Crippen molar-refractivity contribution in [2.24, 2.45) is 5.73 Å². The number of rotatable bonds is 3. The quantitative estimate of drug-likeness (QED) is 0.813. The molecule has 3 nitrogen and oxygen atoms in total. The highest BCUT2D eigenvalue weighted by Gasteiger charge is 2.37. The zero-order valence-electron chi connectivity index (χ0n) is 10.5. The summed E-state index contributed by atoms with van der Waals surface area (Å²) >= 11 is 0. The number of benzene rings is 1. The molecule has 0 radical (unpaired) electrons. The lowest BCUT2D eigenvalue weighted by Gasteiger charge is -2.24. The molecular formula is C14H19NO2. The van der Waals surface area contributed by atoms with Crippen LogP contribution in [0.5, 0.6) is 0 Å². The molecule has 0 aromatic heterocycles. The smallest absolute Gasteiger partial charge is 0.307 e. The average Bonchev–Trinajstić information content (AvgIpc) is 2.57. The minimum absolute atomic E-state index is 0.204. The van der Waals surface area contributed by atoms with Crippen molar-refractivity contribution in [2.45, 2.75) is 38.6 Å². The summed E-state index contributed by atoms with van der Waals surface area (Å²) in [7, 11) is 0. The van der Waals surface area contributed by atoms with E-state index in [2.05, 4.69) is 18.2 Å². The first-order chi connectivity index (χ1) is 8.05. The Balaban J connectivity index is 2.24. The van der Waals surface area contributed by atoms with E-state index in [-0.39, 0.29) is 12.4 Å². The second kappa shape index (κ2) is 4.49. The number of carbonyl (C=O) groups excluding carboxylic acids is 1. The first-order valence-electron chi connectivity index (χ1n) is 6.09. The third kappa shape index (κ3) is 2.34. The van der Waals surface area contributed by atoms with Crippen LogP contribution >= 0.6 is 0 Å². The molecule has 2 N–H and O–H groups in total. The van der Waals surface area contributed by atoms with Crippen molar-refractivity contribution in [3.63, 3.8) is 0 Å². The van der Waals surface area contributed by atoms with Crippen molar-refractivity contribution in [1.29, 1.82) is 0 Å². The maximum absolute atomic E-state index is 11.6. The predicted octanol–water partition coefficient (Wildman–Crippen LogP) is 2.05. The topological polar surface area (TPSA) is 52.3 Å². The monoisotopic (exact) mass is 233 g/mol. The van der Waals surface area contributed by atoms with Gasteiger partial charge >= 0.3 is 5.97 Å². The van der Waals surface area contributed by atoms with Crippen LogP contribution in [0.15, 0.2) is 18.2 Å². The number of ether oxygens (including phenoxy) is 1. The fourth-order valence-electron chi connectivity index (χ4n) is 2.52. The molecule has 0 aliphatic heterocycles. The van der Waals surface area contributed by atoms with Crippen LogP contribution < -0.4 is 5.73 Å². The van der Waals surface area contributed by atoms with E-state index >= 15 is 0 Å². The van der Waals surface area contributed by atoms with Crippen molar-refractivity contribution in [1.82, 2.24) is 0 Å². The lowest BCUT2D eigenvalue weighted by Crippen LogP contribution is -2.37. The molecular weight excluding hydrogens is 214 g/mol. The van der Waals surface area contributed by atoms with Crippen LogP contribution in [0.1, 0.15) is 36.5 Å². The van der Waals surface area contributed by atoms with E-state index in [4.69, 9.17) is 10.5 Å². The van der Waals surface area contributed by atoms with E-state index in [1.807, 2.05) is 13.8 Å². The molecule has 0 bridgehead atoms. The fourth-order valence-corrected chi connectivity index (χ4v) is 2.52. The summed E-state index contributed by atoms with van der Waals surface area (Å²) in [5.41, 5.74) is 9.40. The number of fused-ring (bicyclic) bond motifs is 1. The first-order valence-corrected chi connectivity index (χ1v) is 6.09. The Morgan fingerprint density at radius 3 is 3.00 bits per heavy atom. The van der Waals surface area contributed by atoms with Gasteiger partial charge in [-0.1, -0.05) is 23.8 Å². The molecule has 0 spiro atoms. The number of aryl methyl sites for hydroxylation is 2. The lowest BCUT2D eigenvalue weighted by atomic mass is 9.89. The van der Waals surface area contributed by atoms with E-state index in [0.717, 1.165) is 18.4 Å². The third-order valence-corrected chi connectivity index (χ3v) is 3.41. The Morgan fingerprint density at radius 2 is 2.29 bits per heavy atom. The van der Waals surface area contributed by atoms with Crippen molar-refractivity contribution in [2.75, 3.05) is 6.61 Å². The highest BCUT2D eigenvalue weighted by molar-refractivity contribution is 5.72. The Morgan fingerprint density at radius 1 is 1.53 bits per heavy atom. The van der Waals surface area contributed by atoms with Crippen LogP contribution in [0, 0.1) is 6.92 Å². The highest BCUT2D eigenvalue weighted by Crippen LogP contribution is 2.38. The molecule has 1 atom stereocenters. The molecule has 1 aliphatic rings. The van der Waals surface area contributed by atoms with Gasteiger partial charge in [-0.3, -0.25) is 4.79 Å². The summed E-state index contributed by atoms with van der Waals surface area (Å²) in [5, 5.41) is 0. The number of esters is 1. The molecule has 0 amide bonds. The van der Waals surface area contributed by atoms with E-state index in [9.17, 15) is 4.79 Å². The molecule has 0 heterocycles. The first kappa shape index (κ1) is 12.1. The summed E-state index contributed by atoms with van der Waals surface area (Å²) in [6.07, 6.45) is 2.05. The lowest BCUT2D eigenvalue weighted by molar-refractivity contribution is -0.144. The zero-order valence-corrected chi connectivity index (χ0v) is 10.5. The van der Waals surface area contributed by atoms with E-state index in [1.165, 1.54) is 11.1 Å². The maximum Gasteiger partial charge on any atom is 0.307 e.